The number of hydrogen-bond donors (Lipinski definition) is 3. The summed E-state index contributed by atoms with van der Waals surface area (Å²) in [5, 5.41) is 14.6. The third-order valence-electron chi connectivity index (χ3n) is 4.43. The van der Waals surface area contributed by atoms with Crippen molar-refractivity contribution in [3.05, 3.63) is 29.8 Å². The molecule has 1 aromatic carbocycles. The maximum atomic E-state index is 12.0. The lowest BCUT2D eigenvalue weighted by Gasteiger charge is -2.15. The Morgan fingerprint density at radius 2 is 1.74 bits per heavy atom. The van der Waals surface area contributed by atoms with E-state index in [2.05, 4.69) is 10.6 Å². The van der Waals surface area contributed by atoms with Crippen LogP contribution in [0.1, 0.15) is 37.8 Å². The minimum absolute atomic E-state index is 0.0625. The molecule has 0 bridgehead atoms. The van der Waals surface area contributed by atoms with Gasteiger partial charge >= 0.3 is 5.97 Å². The lowest BCUT2D eigenvalue weighted by molar-refractivity contribution is -0.140. The van der Waals surface area contributed by atoms with E-state index < -0.39 is 17.8 Å². The van der Waals surface area contributed by atoms with Gasteiger partial charge in [0.05, 0.1) is 17.9 Å². The van der Waals surface area contributed by atoms with Crippen LogP contribution in [0.25, 0.3) is 0 Å². The summed E-state index contributed by atoms with van der Waals surface area (Å²) in [6.45, 7) is 1.85. The van der Waals surface area contributed by atoms with E-state index in [1.165, 1.54) is 0 Å². The van der Waals surface area contributed by atoms with Gasteiger partial charge in [0.15, 0.2) is 0 Å². The summed E-state index contributed by atoms with van der Waals surface area (Å²) < 4.78 is 0. The molecule has 0 saturated heterocycles. The maximum Gasteiger partial charge on any atom is 0.307 e. The number of anilines is 1. The van der Waals surface area contributed by atoms with Gasteiger partial charge in [-0.15, -0.1) is 0 Å². The standard InChI is InChI=1S/C17H20N2O4/c1-9(18-16(21)13-8-14(13)17(22)23)10-4-6-12(7-5-10)19-15(20)11-2-3-11/h4-7,9,11,13-14H,2-3,8H2,1H3,(H,18,21)(H,19,20)(H,22,23). The molecular weight excluding hydrogens is 296 g/mol. The molecule has 2 amide bonds. The van der Waals surface area contributed by atoms with Crippen molar-refractivity contribution in [3.63, 3.8) is 0 Å². The highest BCUT2D eigenvalue weighted by atomic mass is 16.4. The fourth-order valence-electron chi connectivity index (χ4n) is 2.61. The van der Waals surface area contributed by atoms with Gasteiger partial charge in [-0.1, -0.05) is 12.1 Å². The Balaban J connectivity index is 1.53. The van der Waals surface area contributed by atoms with E-state index in [1.54, 1.807) is 0 Å². The highest BCUT2D eigenvalue weighted by Crippen LogP contribution is 2.39. The molecule has 2 saturated carbocycles. The molecule has 3 N–H and O–H groups in total. The van der Waals surface area contributed by atoms with E-state index in [4.69, 9.17) is 5.11 Å². The van der Waals surface area contributed by atoms with Crippen molar-refractivity contribution in [1.82, 2.24) is 5.32 Å². The Labute approximate surface area is 134 Å². The topological polar surface area (TPSA) is 95.5 Å². The van der Waals surface area contributed by atoms with Crippen LogP contribution in [0, 0.1) is 17.8 Å². The average Bonchev–Trinajstić information content (AvgIpc) is 3.40. The van der Waals surface area contributed by atoms with Crippen LogP contribution in [-0.4, -0.2) is 22.9 Å². The number of nitrogens with one attached hydrogen (secondary N) is 2. The fourth-order valence-corrected chi connectivity index (χ4v) is 2.61. The van der Waals surface area contributed by atoms with Gasteiger partial charge < -0.3 is 15.7 Å². The Morgan fingerprint density at radius 1 is 1.09 bits per heavy atom. The van der Waals surface area contributed by atoms with Crippen molar-refractivity contribution in [2.75, 3.05) is 5.32 Å². The van der Waals surface area contributed by atoms with Gasteiger partial charge in [-0.25, -0.2) is 0 Å². The van der Waals surface area contributed by atoms with Crippen molar-refractivity contribution in [1.29, 1.82) is 0 Å². The number of benzene rings is 1. The second kappa shape index (κ2) is 6.02. The molecule has 6 heteroatoms. The molecule has 3 unspecified atom stereocenters. The lowest BCUT2D eigenvalue weighted by atomic mass is 10.1. The van der Waals surface area contributed by atoms with E-state index in [9.17, 15) is 14.4 Å². The van der Waals surface area contributed by atoms with Crippen LogP contribution in [0.5, 0.6) is 0 Å². The minimum Gasteiger partial charge on any atom is -0.481 e. The number of carbonyl (C=O) groups excluding carboxylic acids is 2. The number of aliphatic carboxylic acids is 1. The minimum atomic E-state index is -0.909. The van der Waals surface area contributed by atoms with Crippen LogP contribution in [0.4, 0.5) is 5.69 Å². The third kappa shape index (κ3) is 3.70. The zero-order valence-electron chi connectivity index (χ0n) is 12.9. The first kappa shape index (κ1) is 15.5. The van der Waals surface area contributed by atoms with E-state index in [1.807, 2.05) is 31.2 Å². The maximum absolute atomic E-state index is 12.0. The molecule has 0 heterocycles. The first-order chi connectivity index (χ1) is 11.0. The van der Waals surface area contributed by atoms with Crippen molar-refractivity contribution in [3.8, 4) is 0 Å². The summed E-state index contributed by atoms with van der Waals surface area (Å²) in [4.78, 5) is 34.5. The quantitative estimate of drug-likeness (QED) is 0.747. The fraction of sp³-hybridized carbons (Fsp3) is 0.471. The Bertz CT molecular complexity index is 636. The molecule has 23 heavy (non-hydrogen) atoms. The molecule has 1 aromatic rings. The molecule has 3 atom stereocenters. The smallest absolute Gasteiger partial charge is 0.307 e. The Kier molecular flexibility index (Phi) is 4.07. The molecule has 2 aliphatic rings. The highest BCUT2D eigenvalue weighted by Gasteiger charge is 2.48. The number of rotatable bonds is 6. The predicted octanol–water partition coefficient (Wildman–Crippen LogP) is 1.93. The van der Waals surface area contributed by atoms with Crippen molar-refractivity contribution in [2.24, 2.45) is 17.8 Å². The van der Waals surface area contributed by atoms with Gasteiger partial charge in [0.25, 0.3) is 0 Å². The molecule has 2 fully saturated rings. The number of carbonyl (C=O) groups is 3. The Morgan fingerprint density at radius 3 is 2.26 bits per heavy atom. The van der Waals surface area contributed by atoms with Gasteiger partial charge in [0.2, 0.25) is 11.8 Å². The molecule has 122 valence electrons. The SMILES string of the molecule is CC(NC(=O)C1CC1C(=O)O)c1ccc(NC(=O)C2CC2)cc1. The van der Waals surface area contributed by atoms with Gasteiger partial charge in [-0.3, -0.25) is 14.4 Å². The molecule has 6 nitrogen and oxygen atoms in total. The monoisotopic (exact) mass is 316 g/mol. The first-order valence-electron chi connectivity index (χ1n) is 7.89. The van der Waals surface area contributed by atoms with Crippen LogP contribution in [0.15, 0.2) is 24.3 Å². The van der Waals surface area contributed by atoms with E-state index >= 15 is 0 Å². The number of amides is 2. The largest absolute Gasteiger partial charge is 0.481 e. The lowest BCUT2D eigenvalue weighted by Crippen LogP contribution is -2.29. The van der Waals surface area contributed by atoms with Crippen LogP contribution in [0.2, 0.25) is 0 Å². The van der Waals surface area contributed by atoms with E-state index in [0.29, 0.717) is 6.42 Å². The summed E-state index contributed by atoms with van der Waals surface area (Å²) in [6, 6.07) is 7.14. The molecule has 0 aliphatic heterocycles. The second-order valence-corrected chi connectivity index (χ2v) is 6.40. The summed E-state index contributed by atoms with van der Waals surface area (Å²) in [7, 11) is 0. The van der Waals surface area contributed by atoms with E-state index in [0.717, 1.165) is 24.1 Å². The normalized spacial score (nSPS) is 23.7. The number of carboxylic acids is 1. The second-order valence-electron chi connectivity index (χ2n) is 6.40. The molecule has 0 radical (unpaired) electrons. The predicted molar refractivity (Wildman–Crippen MR) is 83.6 cm³/mol. The van der Waals surface area contributed by atoms with Crippen LogP contribution in [0.3, 0.4) is 0 Å². The van der Waals surface area contributed by atoms with Crippen molar-refractivity contribution < 1.29 is 19.5 Å². The third-order valence-corrected chi connectivity index (χ3v) is 4.43. The summed E-state index contributed by atoms with van der Waals surface area (Å²) in [5.41, 5.74) is 1.66. The number of carboxylic acid groups (broad SMARTS) is 1. The van der Waals surface area contributed by atoms with Crippen molar-refractivity contribution >= 4 is 23.5 Å². The highest BCUT2D eigenvalue weighted by molar-refractivity contribution is 5.94. The molecule has 2 aliphatic carbocycles. The van der Waals surface area contributed by atoms with Gasteiger partial charge in [-0.05, 0) is 43.9 Å². The van der Waals surface area contributed by atoms with Crippen molar-refractivity contribution in [2.45, 2.75) is 32.2 Å². The van der Waals surface area contributed by atoms with E-state index in [-0.39, 0.29) is 23.8 Å². The van der Waals surface area contributed by atoms with Gasteiger partial charge in [-0.2, -0.15) is 0 Å². The zero-order chi connectivity index (χ0) is 16.6. The first-order valence-corrected chi connectivity index (χ1v) is 7.89. The van der Waals surface area contributed by atoms with Crippen LogP contribution < -0.4 is 10.6 Å². The number of hydrogen-bond acceptors (Lipinski definition) is 3. The summed E-state index contributed by atoms with van der Waals surface area (Å²) in [6.07, 6.45) is 2.34. The summed E-state index contributed by atoms with van der Waals surface area (Å²) >= 11 is 0. The van der Waals surface area contributed by atoms with Gasteiger partial charge in [0, 0.05) is 11.6 Å². The molecular formula is C17H20N2O4. The zero-order valence-corrected chi connectivity index (χ0v) is 12.9. The summed E-state index contributed by atoms with van der Waals surface area (Å²) in [5.74, 6) is -1.85. The van der Waals surface area contributed by atoms with Crippen LogP contribution >= 0.6 is 0 Å². The van der Waals surface area contributed by atoms with Crippen LogP contribution in [-0.2, 0) is 14.4 Å². The molecule has 0 aromatic heterocycles. The Hall–Kier alpha value is -2.37. The molecule has 0 spiro atoms. The molecule has 3 rings (SSSR count). The average molecular weight is 316 g/mol. The van der Waals surface area contributed by atoms with Gasteiger partial charge in [0.1, 0.15) is 0 Å².